The minimum absolute atomic E-state index is 0.0338. The van der Waals surface area contributed by atoms with Gasteiger partial charge in [0.15, 0.2) is 0 Å². The molecule has 24 heavy (non-hydrogen) atoms. The van der Waals surface area contributed by atoms with Crippen molar-refractivity contribution in [2.24, 2.45) is 4.99 Å². The van der Waals surface area contributed by atoms with Crippen molar-refractivity contribution in [3.05, 3.63) is 33.9 Å². The Labute approximate surface area is 138 Å². The lowest BCUT2D eigenvalue weighted by Crippen LogP contribution is -2.19. The molecule has 0 amide bonds. The summed E-state index contributed by atoms with van der Waals surface area (Å²) in [5.74, 6) is 0.179. The lowest BCUT2D eigenvalue weighted by molar-refractivity contribution is -0.384. The molecule has 4 rings (SSSR count). The van der Waals surface area contributed by atoms with Crippen LogP contribution in [0.3, 0.4) is 0 Å². The molecule has 1 fully saturated rings. The zero-order valence-electron chi connectivity index (χ0n) is 13.3. The van der Waals surface area contributed by atoms with Crippen LogP contribution in [0.15, 0.2) is 23.2 Å². The third-order valence-corrected chi connectivity index (χ3v) is 4.89. The van der Waals surface area contributed by atoms with Gasteiger partial charge in [0.25, 0.3) is 5.69 Å². The molecule has 2 aliphatic rings. The molecule has 1 aromatic carbocycles. The number of benzene rings is 1. The molecule has 7 nitrogen and oxygen atoms in total. The Bertz CT molecular complexity index is 834. The minimum atomic E-state index is -0.400. The number of non-ortho nitro benzene ring substituents is 1. The van der Waals surface area contributed by atoms with Crippen LogP contribution in [0.1, 0.15) is 37.3 Å². The topological polar surface area (TPSA) is 89.9 Å². The molecule has 1 saturated heterocycles. The number of ether oxygens (including phenoxy) is 1. The molecule has 0 unspecified atom stereocenters. The number of aromatic nitrogens is 1. The fourth-order valence-corrected chi connectivity index (χ4v) is 3.74. The quantitative estimate of drug-likeness (QED) is 0.691. The highest BCUT2D eigenvalue weighted by atomic mass is 16.6. The Morgan fingerprint density at radius 3 is 2.79 bits per heavy atom. The number of nitro groups is 1. The van der Waals surface area contributed by atoms with Crippen molar-refractivity contribution < 1.29 is 14.8 Å². The van der Waals surface area contributed by atoms with Crippen molar-refractivity contribution in [2.75, 3.05) is 19.8 Å². The van der Waals surface area contributed by atoms with E-state index in [4.69, 9.17) is 4.74 Å². The predicted molar refractivity (Wildman–Crippen MR) is 90.0 cm³/mol. The molecule has 0 radical (unpaired) electrons. The van der Waals surface area contributed by atoms with Crippen molar-refractivity contribution in [1.29, 1.82) is 0 Å². The highest BCUT2D eigenvalue weighted by Crippen LogP contribution is 2.40. The zero-order chi connectivity index (χ0) is 16.7. The Morgan fingerprint density at radius 2 is 2.12 bits per heavy atom. The van der Waals surface area contributed by atoms with Gasteiger partial charge in [0.05, 0.1) is 16.0 Å². The Kier molecular flexibility index (Phi) is 3.72. The summed E-state index contributed by atoms with van der Waals surface area (Å²) in [5, 5.41) is 22.8. The molecule has 0 bridgehead atoms. The lowest BCUT2D eigenvalue weighted by atomic mass is 10.1. The molecular formula is C17H19N3O4. The fraction of sp³-hybridized carbons (Fsp3) is 0.471. The average molecular weight is 329 g/mol. The maximum atomic E-state index is 11.2. The first-order valence-corrected chi connectivity index (χ1v) is 8.29. The second kappa shape index (κ2) is 5.90. The molecule has 7 heteroatoms. The van der Waals surface area contributed by atoms with E-state index < -0.39 is 4.92 Å². The first kappa shape index (κ1) is 15.1. The van der Waals surface area contributed by atoms with Gasteiger partial charge in [-0.05, 0) is 31.7 Å². The van der Waals surface area contributed by atoms with Crippen LogP contribution in [0.4, 0.5) is 5.69 Å². The van der Waals surface area contributed by atoms with E-state index in [1.165, 1.54) is 6.07 Å². The van der Waals surface area contributed by atoms with E-state index in [1.807, 2.05) is 4.57 Å². The lowest BCUT2D eigenvalue weighted by Gasteiger charge is -2.25. The smallest absolute Gasteiger partial charge is 0.270 e. The fourth-order valence-electron chi connectivity index (χ4n) is 3.74. The third kappa shape index (κ3) is 2.36. The van der Waals surface area contributed by atoms with Crippen LogP contribution in [0.5, 0.6) is 5.88 Å². The Hall–Kier alpha value is -2.41. The number of fused-ring (bicyclic) bond motifs is 1. The van der Waals surface area contributed by atoms with Crippen molar-refractivity contribution in [3.63, 3.8) is 0 Å². The maximum Gasteiger partial charge on any atom is 0.270 e. The largest absolute Gasteiger partial charge is 0.494 e. The third-order valence-electron chi connectivity index (χ3n) is 4.89. The zero-order valence-corrected chi connectivity index (χ0v) is 13.3. The normalized spacial score (nSPS) is 18.9. The van der Waals surface area contributed by atoms with E-state index in [0.717, 1.165) is 43.5 Å². The highest BCUT2D eigenvalue weighted by Gasteiger charge is 2.28. The van der Waals surface area contributed by atoms with E-state index in [2.05, 4.69) is 4.99 Å². The van der Waals surface area contributed by atoms with Crippen molar-refractivity contribution >= 4 is 22.3 Å². The summed E-state index contributed by atoms with van der Waals surface area (Å²) in [7, 11) is 0. The number of hydrogen-bond donors (Lipinski definition) is 1. The van der Waals surface area contributed by atoms with Gasteiger partial charge in [-0.3, -0.25) is 15.1 Å². The van der Waals surface area contributed by atoms with Gasteiger partial charge in [0, 0.05) is 49.0 Å². The predicted octanol–water partition coefficient (Wildman–Crippen LogP) is 3.19. The van der Waals surface area contributed by atoms with Gasteiger partial charge in [-0.25, -0.2) is 0 Å². The number of hydrogen-bond acceptors (Lipinski definition) is 5. The summed E-state index contributed by atoms with van der Waals surface area (Å²) in [5.41, 5.74) is 2.38. The van der Waals surface area contributed by atoms with Crippen LogP contribution >= 0.6 is 0 Å². The van der Waals surface area contributed by atoms with Crippen molar-refractivity contribution in [3.8, 4) is 5.88 Å². The van der Waals surface area contributed by atoms with Gasteiger partial charge in [-0.1, -0.05) is 0 Å². The number of rotatable bonds is 3. The van der Waals surface area contributed by atoms with Crippen LogP contribution in [-0.4, -0.2) is 40.1 Å². The monoisotopic (exact) mass is 329 g/mol. The summed E-state index contributed by atoms with van der Waals surface area (Å²) >= 11 is 0. The maximum absolute atomic E-state index is 11.2. The molecule has 0 saturated carbocycles. The first-order chi connectivity index (χ1) is 11.7. The number of aliphatic imine (C=N–C) groups is 1. The molecule has 2 aromatic rings. The molecule has 126 valence electrons. The molecule has 1 aromatic heterocycles. The van der Waals surface area contributed by atoms with Gasteiger partial charge in [-0.2, -0.15) is 0 Å². The number of nitro benzene ring substituents is 1. The molecule has 0 atom stereocenters. The molecule has 0 aliphatic carbocycles. The van der Waals surface area contributed by atoms with Crippen molar-refractivity contribution in [2.45, 2.75) is 31.7 Å². The molecule has 0 spiro atoms. The van der Waals surface area contributed by atoms with Gasteiger partial charge in [0.2, 0.25) is 5.88 Å². The van der Waals surface area contributed by atoms with Gasteiger partial charge < -0.3 is 14.4 Å². The van der Waals surface area contributed by atoms with Crippen LogP contribution < -0.4 is 0 Å². The van der Waals surface area contributed by atoms with Crippen LogP contribution in [0.2, 0.25) is 0 Å². The summed E-state index contributed by atoms with van der Waals surface area (Å²) in [4.78, 5) is 15.3. The molecule has 3 heterocycles. The minimum Gasteiger partial charge on any atom is -0.494 e. The van der Waals surface area contributed by atoms with Crippen LogP contribution in [-0.2, 0) is 4.74 Å². The average Bonchev–Trinajstić information content (AvgIpc) is 3.20. The van der Waals surface area contributed by atoms with Gasteiger partial charge in [-0.15, -0.1) is 0 Å². The second-order valence-electron chi connectivity index (χ2n) is 6.30. The Balaban J connectivity index is 1.95. The standard InChI is InChI=1S/C17H19N3O4/c21-17-16(14-2-1-7-18-14)13-10-12(20(22)23)3-4-15(13)19(17)11-5-8-24-9-6-11/h3-4,10-11,21H,1-2,5-9H2. The molecule has 2 aliphatic heterocycles. The van der Waals surface area contributed by atoms with E-state index >= 15 is 0 Å². The number of nitrogens with zero attached hydrogens (tertiary/aromatic N) is 3. The summed E-state index contributed by atoms with van der Waals surface area (Å²) < 4.78 is 7.34. The second-order valence-corrected chi connectivity index (χ2v) is 6.30. The van der Waals surface area contributed by atoms with E-state index in [0.29, 0.717) is 24.2 Å². The highest BCUT2D eigenvalue weighted by molar-refractivity contribution is 6.14. The summed E-state index contributed by atoms with van der Waals surface area (Å²) in [6.07, 6.45) is 3.39. The van der Waals surface area contributed by atoms with E-state index in [-0.39, 0.29) is 17.6 Å². The number of aromatic hydroxyl groups is 1. The van der Waals surface area contributed by atoms with E-state index in [9.17, 15) is 15.2 Å². The van der Waals surface area contributed by atoms with Crippen LogP contribution in [0, 0.1) is 10.1 Å². The van der Waals surface area contributed by atoms with E-state index in [1.54, 1.807) is 12.1 Å². The summed E-state index contributed by atoms with van der Waals surface area (Å²) in [6, 6.07) is 4.93. The Morgan fingerprint density at radius 1 is 1.33 bits per heavy atom. The van der Waals surface area contributed by atoms with Crippen LogP contribution in [0.25, 0.3) is 10.9 Å². The SMILES string of the molecule is O=[N+]([O-])c1ccc2c(c1)c(C1=NCCC1)c(O)n2C1CCOCC1. The van der Waals surface area contributed by atoms with Crippen molar-refractivity contribution in [1.82, 2.24) is 4.57 Å². The van der Waals surface area contributed by atoms with Gasteiger partial charge >= 0.3 is 0 Å². The molecular weight excluding hydrogens is 310 g/mol. The molecule has 1 N–H and O–H groups in total. The van der Waals surface area contributed by atoms with Gasteiger partial charge in [0.1, 0.15) is 0 Å². The summed E-state index contributed by atoms with van der Waals surface area (Å²) in [6.45, 7) is 2.06. The first-order valence-electron chi connectivity index (χ1n) is 8.29.